The fraction of sp³-hybridized carbons (Fsp3) is 0.500. The molecule has 0 saturated heterocycles. The lowest BCUT2D eigenvalue weighted by molar-refractivity contribution is 0.216. The van der Waals surface area contributed by atoms with Gasteiger partial charge in [-0.25, -0.2) is 0 Å². The number of H-pyrrole nitrogens is 1. The average molecular weight is 281 g/mol. The Morgan fingerprint density at radius 2 is 2.14 bits per heavy atom. The summed E-state index contributed by atoms with van der Waals surface area (Å²) in [4.78, 5) is 5.71. The summed E-state index contributed by atoms with van der Waals surface area (Å²) in [5.41, 5.74) is 3.30. The molecular formula is C18H23N3. The predicted octanol–water partition coefficient (Wildman–Crippen LogP) is 3.87. The van der Waals surface area contributed by atoms with Crippen LogP contribution in [-0.2, 0) is 0 Å². The van der Waals surface area contributed by atoms with Crippen LogP contribution in [-0.4, -0.2) is 30.0 Å². The molecule has 21 heavy (non-hydrogen) atoms. The van der Waals surface area contributed by atoms with Crippen LogP contribution in [0.4, 0.5) is 0 Å². The summed E-state index contributed by atoms with van der Waals surface area (Å²) in [6.45, 7) is 2.33. The van der Waals surface area contributed by atoms with Crippen LogP contribution in [0.15, 0.2) is 24.4 Å². The standard InChI is InChI=1S/C18H23N3/c1-12(21(2)3)14-5-4-6-15(14)17-11-20-18-8-7-13(10-19)9-16(17)18/h7-9,11-12,14-15,20H,4-6H2,1-3H3/t12?,14-,15+/m1/s1. The molecule has 1 fully saturated rings. The van der Waals surface area contributed by atoms with Crippen LogP contribution in [0.3, 0.4) is 0 Å². The van der Waals surface area contributed by atoms with Gasteiger partial charge < -0.3 is 9.88 Å². The van der Waals surface area contributed by atoms with Crippen LogP contribution < -0.4 is 0 Å². The van der Waals surface area contributed by atoms with E-state index >= 15 is 0 Å². The largest absolute Gasteiger partial charge is 0.361 e. The number of hydrogen-bond acceptors (Lipinski definition) is 2. The first-order valence-electron chi connectivity index (χ1n) is 7.79. The Bertz CT molecular complexity index is 677. The minimum absolute atomic E-state index is 0.585. The monoisotopic (exact) mass is 281 g/mol. The molecule has 1 aromatic carbocycles. The summed E-state index contributed by atoms with van der Waals surface area (Å²) in [6.07, 6.45) is 6.02. The zero-order valence-corrected chi connectivity index (χ0v) is 13.1. The molecule has 1 heterocycles. The van der Waals surface area contributed by atoms with Crippen LogP contribution in [0.2, 0.25) is 0 Å². The fourth-order valence-electron chi connectivity index (χ4n) is 3.85. The summed E-state index contributed by atoms with van der Waals surface area (Å²) in [7, 11) is 4.34. The third-order valence-corrected chi connectivity index (χ3v) is 5.25. The lowest BCUT2D eigenvalue weighted by atomic mass is 9.84. The molecule has 2 aromatic rings. The van der Waals surface area contributed by atoms with Gasteiger partial charge >= 0.3 is 0 Å². The first-order valence-corrected chi connectivity index (χ1v) is 7.79. The highest BCUT2D eigenvalue weighted by Gasteiger charge is 2.34. The lowest BCUT2D eigenvalue weighted by Gasteiger charge is -2.30. The molecule has 0 bridgehead atoms. The van der Waals surface area contributed by atoms with Gasteiger partial charge in [-0.1, -0.05) is 6.42 Å². The van der Waals surface area contributed by atoms with E-state index in [1.165, 1.54) is 30.2 Å². The minimum Gasteiger partial charge on any atom is -0.361 e. The molecule has 1 saturated carbocycles. The summed E-state index contributed by atoms with van der Waals surface area (Å²) < 4.78 is 0. The van der Waals surface area contributed by atoms with Crippen LogP contribution in [0.5, 0.6) is 0 Å². The van der Waals surface area contributed by atoms with Crippen molar-refractivity contribution in [3.8, 4) is 6.07 Å². The second kappa shape index (κ2) is 5.54. The van der Waals surface area contributed by atoms with Crippen molar-refractivity contribution >= 4 is 10.9 Å². The van der Waals surface area contributed by atoms with Gasteiger partial charge in [-0.05, 0) is 69.5 Å². The average Bonchev–Trinajstić information content (AvgIpc) is 3.11. The molecule has 3 heteroatoms. The maximum absolute atomic E-state index is 9.14. The van der Waals surface area contributed by atoms with Crippen molar-refractivity contribution in [2.24, 2.45) is 5.92 Å². The molecule has 0 radical (unpaired) electrons. The second-order valence-electron chi connectivity index (χ2n) is 6.52. The molecule has 1 aromatic heterocycles. The Labute approximate surface area is 126 Å². The zero-order valence-electron chi connectivity index (χ0n) is 13.1. The van der Waals surface area contributed by atoms with E-state index in [0.717, 1.165) is 11.1 Å². The molecule has 0 aliphatic heterocycles. The van der Waals surface area contributed by atoms with E-state index in [-0.39, 0.29) is 0 Å². The Hall–Kier alpha value is -1.79. The van der Waals surface area contributed by atoms with E-state index in [0.29, 0.717) is 17.9 Å². The Morgan fingerprint density at radius 3 is 2.86 bits per heavy atom. The quantitative estimate of drug-likeness (QED) is 0.928. The number of aromatic amines is 1. The van der Waals surface area contributed by atoms with Gasteiger partial charge in [-0.2, -0.15) is 5.26 Å². The maximum Gasteiger partial charge on any atom is 0.0991 e. The molecule has 1 unspecified atom stereocenters. The molecule has 1 aliphatic rings. The molecule has 0 amide bonds. The van der Waals surface area contributed by atoms with Gasteiger partial charge in [0.15, 0.2) is 0 Å². The number of aromatic nitrogens is 1. The number of rotatable bonds is 3. The Kier molecular flexibility index (Phi) is 3.73. The van der Waals surface area contributed by atoms with Crippen LogP contribution in [0.1, 0.15) is 43.2 Å². The minimum atomic E-state index is 0.585. The third kappa shape index (κ3) is 2.45. The van der Waals surface area contributed by atoms with Crippen molar-refractivity contribution < 1.29 is 0 Å². The first kappa shape index (κ1) is 14.2. The normalized spacial score (nSPS) is 23.6. The highest BCUT2D eigenvalue weighted by atomic mass is 15.1. The van der Waals surface area contributed by atoms with E-state index in [2.05, 4.69) is 43.2 Å². The molecule has 3 nitrogen and oxygen atoms in total. The molecule has 110 valence electrons. The topological polar surface area (TPSA) is 42.8 Å². The van der Waals surface area contributed by atoms with Crippen molar-refractivity contribution in [2.45, 2.75) is 38.1 Å². The number of fused-ring (bicyclic) bond motifs is 1. The van der Waals surface area contributed by atoms with Crippen LogP contribution in [0, 0.1) is 17.2 Å². The highest BCUT2D eigenvalue weighted by molar-refractivity contribution is 5.85. The van der Waals surface area contributed by atoms with Gasteiger partial charge in [0, 0.05) is 23.1 Å². The van der Waals surface area contributed by atoms with E-state index < -0.39 is 0 Å². The van der Waals surface area contributed by atoms with Gasteiger partial charge in [0.2, 0.25) is 0 Å². The second-order valence-corrected chi connectivity index (χ2v) is 6.52. The number of nitrogens with one attached hydrogen (secondary N) is 1. The number of nitrogens with zero attached hydrogens (tertiary/aromatic N) is 2. The molecule has 0 spiro atoms. The number of hydrogen-bond donors (Lipinski definition) is 1. The van der Waals surface area contributed by atoms with Gasteiger partial charge in [0.05, 0.1) is 11.6 Å². The van der Waals surface area contributed by atoms with E-state index in [4.69, 9.17) is 5.26 Å². The molecule has 1 N–H and O–H groups in total. The number of nitriles is 1. The van der Waals surface area contributed by atoms with Crippen LogP contribution in [0.25, 0.3) is 10.9 Å². The van der Waals surface area contributed by atoms with Gasteiger partial charge in [-0.3, -0.25) is 0 Å². The van der Waals surface area contributed by atoms with E-state index in [1.54, 1.807) is 0 Å². The molecule has 3 rings (SSSR count). The zero-order chi connectivity index (χ0) is 15.0. The highest BCUT2D eigenvalue weighted by Crippen LogP contribution is 2.44. The van der Waals surface area contributed by atoms with Crippen molar-refractivity contribution in [3.05, 3.63) is 35.5 Å². The summed E-state index contributed by atoms with van der Waals surface area (Å²) in [6, 6.07) is 8.79. The molecule has 1 aliphatic carbocycles. The third-order valence-electron chi connectivity index (χ3n) is 5.25. The Balaban J connectivity index is 2.01. The van der Waals surface area contributed by atoms with Gasteiger partial charge in [0.1, 0.15) is 0 Å². The van der Waals surface area contributed by atoms with Crippen molar-refractivity contribution in [3.63, 3.8) is 0 Å². The number of benzene rings is 1. The summed E-state index contributed by atoms with van der Waals surface area (Å²) >= 11 is 0. The van der Waals surface area contributed by atoms with E-state index in [9.17, 15) is 0 Å². The van der Waals surface area contributed by atoms with Crippen LogP contribution >= 0.6 is 0 Å². The van der Waals surface area contributed by atoms with Crippen molar-refractivity contribution in [1.82, 2.24) is 9.88 Å². The van der Waals surface area contributed by atoms with Crippen molar-refractivity contribution in [1.29, 1.82) is 5.26 Å². The predicted molar refractivity (Wildman–Crippen MR) is 86.2 cm³/mol. The Morgan fingerprint density at radius 1 is 1.33 bits per heavy atom. The van der Waals surface area contributed by atoms with Gasteiger partial charge in [0.25, 0.3) is 0 Å². The summed E-state index contributed by atoms with van der Waals surface area (Å²) in [5, 5.41) is 10.4. The lowest BCUT2D eigenvalue weighted by Crippen LogP contribution is -2.33. The molecular weight excluding hydrogens is 258 g/mol. The fourth-order valence-corrected chi connectivity index (χ4v) is 3.85. The summed E-state index contributed by atoms with van der Waals surface area (Å²) in [5.74, 6) is 1.30. The molecule has 3 atom stereocenters. The van der Waals surface area contributed by atoms with Gasteiger partial charge in [-0.15, -0.1) is 0 Å². The smallest absolute Gasteiger partial charge is 0.0991 e. The first-order chi connectivity index (χ1) is 10.1. The SMILES string of the molecule is CC([C@H]1CCC[C@@H]1c1c[nH]c2ccc(C#N)cc12)N(C)C. The van der Waals surface area contributed by atoms with E-state index in [1.807, 2.05) is 18.2 Å². The van der Waals surface area contributed by atoms with Crippen molar-refractivity contribution in [2.75, 3.05) is 14.1 Å². The maximum atomic E-state index is 9.14.